The van der Waals surface area contributed by atoms with E-state index in [-0.39, 0.29) is 36.8 Å². The smallest absolute Gasteiger partial charge is 0.270 e. The molecule has 0 atom stereocenters. The van der Waals surface area contributed by atoms with Crippen LogP contribution in [-0.2, 0) is 0 Å². The third-order valence-corrected chi connectivity index (χ3v) is 6.52. The second kappa shape index (κ2) is 13.0. The molecule has 0 spiro atoms. The van der Waals surface area contributed by atoms with Gasteiger partial charge in [0.15, 0.2) is 11.6 Å². The van der Waals surface area contributed by atoms with Gasteiger partial charge in [0.25, 0.3) is 5.91 Å². The first kappa shape index (κ1) is 28.8. The summed E-state index contributed by atoms with van der Waals surface area (Å²) in [7, 11) is 3.95. The van der Waals surface area contributed by atoms with Crippen molar-refractivity contribution >= 4 is 54.5 Å². The molecule has 0 aromatic carbocycles. The quantitative estimate of drug-likeness (QED) is 0.592. The molecule has 1 N–H and O–H groups in total. The predicted molar refractivity (Wildman–Crippen MR) is 147 cm³/mol. The van der Waals surface area contributed by atoms with Gasteiger partial charge in [-0.1, -0.05) is 19.3 Å². The Morgan fingerprint density at radius 3 is 2.20 bits per heavy atom. The van der Waals surface area contributed by atoms with Crippen molar-refractivity contribution in [3.05, 3.63) is 34.7 Å². The minimum absolute atomic E-state index is 0. The van der Waals surface area contributed by atoms with Gasteiger partial charge in [0.05, 0.1) is 0 Å². The summed E-state index contributed by atoms with van der Waals surface area (Å²) in [6.45, 7) is 5.92. The van der Waals surface area contributed by atoms with Crippen LogP contribution >= 0.6 is 24.8 Å². The van der Waals surface area contributed by atoms with Gasteiger partial charge in [-0.2, -0.15) is 0 Å². The molecule has 0 unspecified atom stereocenters. The Labute approximate surface area is 220 Å². The van der Waals surface area contributed by atoms with Crippen LogP contribution in [0.1, 0.15) is 78.3 Å². The monoisotopic (exact) mass is 521 g/mol. The number of aromatic nitrogens is 4. The molecule has 1 amide bonds. The fraction of sp³-hybridized carbons (Fsp3) is 0.560. The van der Waals surface area contributed by atoms with Crippen molar-refractivity contribution in [2.45, 2.75) is 64.8 Å². The van der Waals surface area contributed by atoms with Gasteiger partial charge >= 0.3 is 0 Å². The van der Waals surface area contributed by atoms with Gasteiger partial charge in [0.2, 0.25) is 0 Å². The normalized spacial score (nSPS) is 16.1. The molecule has 3 heterocycles. The summed E-state index contributed by atoms with van der Waals surface area (Å²) in [5.41, 5.74) is 2.42. The molecule has 2 aromatic heterocycles. The lowest BCUT2D eigenvalue weighted by Crippen LogP contribution is -2.36. The fourth-order valence-corrected chi connectivity index (χ4v) is 4.55. The van der Waals surface area contributed by atoms with E-state index in [1.54, 1.807) is 6.08 Å². The Kier molecular flexibility index (Phi) is 10.7. The number of rotatable bonds is 6. The number of nitrogens with zero attached hydrogens (tertiary/aromatic N) is 6. The zero-order valence-electron chi connectivity index (χ0n) is 21.1. The zero-order chi connectivity index (χ0) is 23.4. The molecule has 0 radical (unpaired) electrons. The third-order valence-electron chi connectivity index (χ3n) is 6.52. The number of carbonyl (C=O) groups excluding carboxylic acids is 1. The van der Waals surface area contributed by atoms with Gasteiger partial charge < -0.3 is 15.1 Å². The highest BCUT2D eigenvalue weighted by molar-refractivity contribution is 5.93. The van der Waals surface area contributed by atoms with E-state index in [0.29, 0.717) is 17.3 Å². The van der Waals surface area contributed by atoms with Crippen molar-refractivity contribution in [1.82, 2.24) is 25.3 Å². The average Bonchev–Trinajstić information content (AvgIpc) is 3.35. The van der Waals surface area contributed by atoms with Gasteiger partial charge in [0.1, 0.15) is 17.3 Å². The van der Waals surface area contributed by atoms with Gasteiger partial charge in [-0.15, -0.1) is 24.8 Å². The lowest BCUT2D eigenvalue weighted by atomic mass is 9.95. The maximum atomic E-state index is 13.0. The molecule has 2 fully saturated rings. The van der Waals surface area contributed by atoms with E-state index in [0.717, 1.165) is 61.7 Å². The standard InChI is InChI=1S/C25H35N7O.2ClH/c1-17-18(2)26-21(30-24(17)31(3)4)12-13-22-28-20(16-23(29-22)32-14-8-9-15-32)25(33)27-19-10-6-5-7-11-19;;/h12-13,16,19H,5-11,14-15H2,1-4H3,(H,27,33);2*1H/b13-12+;;. The lowest BCUT2D eigenvalue weighted by molar-refractivity contribution is 0.0922. The molecule has 2 aliphatic rings. The maximum Gasteiger partial charge on any atom is 0.270 e. The van der Waals surface area contributed by atoms with E-state index in [4.69, 9.17) is 4.98 Å². The van der Waals surface area contributed by atoms with Crippen molar-refractivity contribution in [2.75, 3.05) is 37.0 Å². The van der Waals surface area contributed by atoms with E-state index in [1.807, 2.05) is 45.0 Å². The molecule has 1 saturated carbocycles. The van der Waals surface area contributed by atoms with Crippen LogP contribution in [0, 0.1) is 13.8 Å². The van der Waals surface area contributed by atoms with E-state index < -0.39 is 0 Å². The minimum atomic E-state index is -0.114. The van der Waals surface area contributed by atoms with Crippen LogP contribution in [0.3, 0.4) is 0 Å². The van der Waals surface area contributed by atoms with Crippen molar-refractivity contribution in [1.29, 1.82) is 0 Å². The number of hydrogen-bond acceptors (Lipinski definition) is 7. The topological polar surface area (TPSA) is 87.1 Å². The largest absolute Gasteiger partial charge is 0.362 e. The van der Waals surface area contributed by atoms with Gasteiger partial charge in [-0.05, 0) is 51.7 Å². The number of aryl methyl sites for hydroxylation is 1. The van der Waals surface area contributed by atoms with Crippen LogP contribution < -0.4 is 15.1 Å². The van der Waals surface area contributed by atoms with Crippen molar-refractivity contribution in [2.24, 2.45) is 0 Å². The third kappa shape index (κ3) is 7.27. The number of hydrogen-bond donors (Lipinski definition) is 1. The SMILES string of the molecule is Cc1nc(/C=C/c2nc(C(=O)NC3CCCCC3)cc(N3CCCC3)n2)nc(N(C)C)c1C.Cl.Cl. The molecule has 4 rings (SSSR count). The lowest BCUT2D eigenvalue weighted by Gasteiger charge is -2.23. The van der Waals surface area contributed by atoms with Gasteiger partial charge in [-0.25, -0.2) is 19.9 Å². The Morgan fingerprint density at radius 2 is 1.57 bits per heavy atom. The number of halogens is 2. The first-order valence-corrected chi connectivity index (χ1v) is 12.1. The number of amides is 1. The number of anilines is 2. The Balaban J connectivity index is 0.00000216. The van der Waals surface area contributed by atoms with Crippen molar-refractivity contribution in [3.63, 3.8) is 0 Å². The highest BCUT2D eigenvalue weighted by atomic mass is 35.5. The van der Waals surface area contributed by atoms with Crippen LogP contribution in [0.15, 0.2) is 6.07 Å². The average molecular weight is 523 g/mol. The summed E-state index contributed by atoms with van der Waals surface area (Å²) >= 11 is 0. The summed E-state index contributed by atoms with van der Waals surface area (Å²) < 4.78 is 0. The van der Waals surface area contributed by atoms with E-state index in [9.17, 15) is 4.79 Å². The highest BCUT2D eigenvalue weighted by Crippen LogP contribution is 2.22. The van der Waals surface area contributed by atoms with Crippen LogP contribution in [0.4, 0.5) is 11.6 Å². The van der Waals surface area contributed by atoms with Crippen LogP contribution in [-0.4, -0.2) is 59.1 Å². The zero-order valence-corrected chi connectivity index (χ0v) is 22.7. The van der Waals surface area contributed by atoms with Crippen molar-refractivity contribution < 1.29 is 4.79 Å². The predicted octanol–water partition coefficient (Wildman–Crippen LogP) is 4.63. The summed E-state index contributed by atoms with van der Waals surface area (Å²) in [6.07, 6.45) is 11.6. The highest BCUT2D eigenvalue weighted by Gasteiger charge is 2.21. The number of nitrogens with one attached hydrogen (secondary N) is 1. The molecule has 1 aliphatic carbocycles. The van der Waals surface area contributed by atoms with Crippen LogP contribution in [0.2, 0.25) is 0 Å². The van der Waals surface area contributed by atoms with Gasteiger partial charge in [0, 0.05) is 50.6 Å². The molecule has 10 heteroatoms. The van der Waals surface area contributed by atoms with E-state index >= 15 is 0 Å². The molecule has 8 nitrogen and oxygen atoms in total. The second-order valence-electron chi connectivity index (χ2n) is 9.32. The Bertz CT molecular complexity index is 1030. The molecule has 1 saturated heterocycles. The molecule has 0 bridgehead atoms. The van der Waals surface area contributed by atoms with Crippen LogP contribution in [0.25, 0.3) is 12.2 Å². The molecule has 192 valence electrons. The fourth-order valence-electron chi connectivity index (χ4n) is 4.55. The second-order valence-corrected chi connectivity index (χ2v) is 9.32. The Morgan fingerprint density at radius 1 is 0.943 bits per heavy atom. The molecule has 2 aromatic rings. The van der Waals surface area contributed by atoms with E-state index in [1.165, 1.54) is 19.3 Å². The maximum absolute atomic E-state index is 13.0. The Hall–Kier alpha value is -2.45. The van der Waals surface area contributed by atoms with Gasteiger partial charge in [-0.3, -0.25) is 4.79 Å². The first-order valence-electron chi connectivity index (χ1n) is 12.1. The molecule has 35 heavy (non-hydrogen) atoms. The van der Waals surface area contributed by atoms with Crippen molar-refractivity contribution in [3.8, 4) is 0 Å². The molecular formula is C25H37Cl2N7O. The summed E-state index contributed by atoms with van der Waals surface area (Å²) in [5, 5.41) is 3.19. The summed E-state index contributed by atoms with van der Waals surface area (Å²) in [6, 6.07) is 2.07. The summed E-state index contributed by atoms with van der Waals surface area (Å²) in [4.78, 5) is 35.8. The minimum Gasteiger partial charge on any atom is -0.362 e. The van der Waals surface area contributed by atoms with Crippen LogP contribution in [0.5, 0.6) is 0 Å². The summed E-state index contributed by atoms with van der Waals surface area (Å²) in [5.74, 6) is 2.69. The first-order chi connectivity index (χ1) is 15.9. The molecular weight excluding hydrogens is 485 g/mol. The van der Waals surface area contributed by atoms with E-state index in [2.05, 4.69) is 25.2 Å². The molecule has 1 aliphatic heterocycles. The number of carbonyl (C=O) groups is 1.